The molecule has 0 aliphatic rings. The molecule has 0 saturated heterocycles. The highest BCUT2D eigenvalue weighted by Gasteiger charge is 2.42. The van der Waals surface area contributed by atoms with Crippen LogP contribution in [0.1, 0.15) is 20.8 Å². The highest BCUT2D eigenvalue weighted by molar-refractivity contribution is 8.76. The summed E-state index contributed by atoms with van der Waals surface area (Å²) in [7, 11) is 2.20. The van der Waals surface area contributed by atoms with Crippen LogP contribution in [-0.2, 0) is 0 Å². The van der Waals surface area contributed by atoms with Crippen LogP contribution >= 0.6 is 21.6 Å². The van der Waals surface area contributed by atoms with E-state index in [-0.39, 0.29) is 5.92 Å². The number of hydrogen-bond acceptors (Lipinski definition) is 2. The molecule has 0 rings (SSSR count). The fraction of sp³-hybridized carbons (Fsp3) is 1.00. The molecule has 0 amide bonds. The molecule has 0 radical (unpaired) electrons. The topological polar surface area (TPSA) is 0 Å². The van der Waals surface area contributed by atoms with Gasteiger partial charge in [0.2, 0.25) is 0 Å². The van der Waals surface area contributed by atoms with Crippen molar-refractivity contribution in [3.63, 3.8) is 0 Å². The highest BCUT2D eigenvalue weighted by Crippen LogP contribution is 2.41. The van der Waals surface area contributed by atoms with Crippen LogP contribution in [0.3, 0.4) is 0 Å². The molecule has 5 heteroatoms. The summed E-state index contributed by atoms with van der Waals surface area (Å²) in [5, 5.41) is -1.23. The average Bonchev–Trinajstić information content (AvgIpc) is 1.84. The smallest absolute Gasteiger partial charge is 0.170 e. The van der Waals surface area contributed by atoms with Gasteiger partial charge in [0, 0.05) is 5.75 Å². The van der Waals surface area contributed by atoms with Crippen LogP contribution in [0, 0.1) is 5.92 Å². The van der Waals surface area contributed by atoms with Gasteiger partial charge in [-0.25, -0.2) is 0 Å². The second-order valence-electron chi connectivity index (χ2n) is 2.71. The minimum atomic E-state index is -4.07. The van der Waals surface area contributed by atoms with E-state index in [0.29, 0.717) is 5.75 Å². The van der Waals surface area contributed by atoms with E-state index in [1.165, 1.54) is 10.8 Å². The Labute approximate surface area is 79.1 Å². The van der Waals surface area contributed by atoms with Gasteiger partial charge in [0.15, 0.2) is 0 Å². The third-order valence-electron chi connectivity index (χ3n) is 1.22. The Kier molecular flexibility index (Phi) is 5.48. The van der Waals surface area contributed by atoms with Crippen molar-refractivity contribution in [3.05, 3.63) is 0 Å². The lowest BCUT2D eigenvalue weighted by atomic mass is 10.1. The Bertz CT molecular complexity index is 122. The summed E-state index contributed by atoms with van der Waals surface area (Å²) < 4.78 is 36.8. The normalized spacial score (nSPS) is 15.2. The first-order valence-electron chi connectivity index (χ1n) is 3.74. The van der Waals surface area contributed by atoms with Gasteiger partial charge in [-0.15, -0.1) is 0 Å². The van der Waals surface area contributed by atoms with Gasteiger partial charge in [0.05, 0.1) is 0 Å². The lowest BCUT2D eigenvalue weighted by Gasteiger charge is -2.22. The Morgan fingerprint density at radius 1 is 1.25 bits per heavy atom. The average molecular weight is 218 g/mol. The monoisotopic (exact) mass is 218 g/mol. The standard InChI is InChI=1S/C7H13F3S2/c1-4-11-12-6(5(2)3)7(8,9)10/h5-6H,4H2,1-3H3/t6-/m0/s1. The van der Waals surface area contributed by atoms with Crippen LogP contribution in [0.4, 0.5) is 13.2 Å². The molecule has 1 atom stereocenters. The van der Waals surface area contributed by atoms with E-state index in [9.17, 15) is 13.2 Å². The number of hydrogen-bond donors (Lipinski definition) is 0. The number of halogens is 3. The quantitative estimate of drug-likeness (QED) is 0.655. The molecular formula is C7H13F3S2. The first-order valence-corrected chi connectivity index (χ1v) is 6.12. The zero-order valence-corrected chi connectivity index (χ0v) is 8.95. The van der Waals surface area contributed by atoms with Gasteiger partial charge in [0.1, 0.15) is 5.25 Å². The molecule has 0 spiro atoms. The van der Waals surface area contributed by atoms with Gasteiger partial charge >= 0.3 is 6.18 Å². The predicted molar refractivity (Wildman–Crippen MR) is 50.4 cm³/mol. The molecule has 0 fully saturated rings. The number of rotatable bonds is 4. The lowest BCUT2D eigenvalue weighted by molar-refractivity contribution is -0.135. The fourth-order valence-corrected chi connectivity index (χ4v) is 3.14. The van der Waals surface area contributed by atoms with Crippen molar-refractivity contribution >= 4 is 21.6 Å². The maximum Gasteiger partial charge on any atom is 0.401 e. The Balaban J connectivity index is 4.05. The van der Waals surface area contributed by atoms with Crippen molar-refractivity contribution in [2.24, 2.45) is 5.92 Å². The summed E-state index contributed by atoms with van der Waals surface area (Å²) in [4.78, 5) is 0. The van der Waals surface area contributed by atoms with E-state index in [4.69, 9.17) is 0 Å². The second kappa shape index (κ2) is 5.27. The van der Waals surface area contributed by atoms with Crippen LogP contribution in [0.5, 0.6) is 0 Å². The van der Waals surface area contributed by atoms with E-state index in [1.54, 1.807) is 13.8 Å². The zero-order valence-electron chi connectivity index (χ0n) is 7.31. The third-order valence-corrected chi connectivity index (χ3v) is 4.35. The fourth-order valence-electron chi connectivity index (χ4n) is 0.685. The highest BCUT2D eigenvalue weighted by atomic mass is 33.1. The van der Waals surface area contributed by atoms with Crippen molar-refractivity contribution < 1.29 is 13.2 Å². The van der Waals surface area contributed by atoms with Gasteiger partial charge in [-0.3, -0.25) is 0 Å². The molecule has 0 N–H and O–H groups in total. The minimum absolute atomic E-state index is 0.353. The van der Waals surface area contributed by atoms with Gasteiger partial charge < -0.3 is 0 Å². The molecule has 0 aromatic rings. The second-order valence-corrected chi connectivity index (χ2v) is 5.51. The van der Waals surface area contributed by atoms with Crippen molar-refractivity contribution in [1.82, 2.24) is 0 Å². The van der Waals surface area contributed by atoms with Crippen molar-refractivity contribution in [2.75, 3.05) is 5.75 Å². The molecule has 0 aliphatic carbocycles. The van der Waals surface area contributed by atoms with Crippen LogP contribution in [-0.4, -0.2) is 17.2 Å². The van der Waals surface area contributed by atoms with Gasteiger partial charge in [-0.2, -0.15) is 13.2 Å². The molecule has 0 bridgehead atoms. The largest absolute Gasteiger partial charge is 0.401 e. The molecule has 0 aromatic heterocycles. The minimum Gasteiger partial charge on any atom is -0.170 e. The van der Waals surface area contributed by atoms with Crippen LogP contribution in [0.15, 0.2) is 0 Å². The molecular weight excluding hydrogens is 205 g/mol. The van der Waals surface area contributed by atoms with Crippen molar-refractivity contribution in [1.29, 1.82) is 0 Å². The molecule has 0 unspecified atom stereocenters. The van der Waals surface area contributed by atoms with E-state index < -0.39 is 11.4 Å². The van der Waals surface area contributed by atoms with Crippen LogP contribution in [0.25, 0.3) is 0 Å². The molecule has 12 heavy (non-hydrogen) atoms. The van der Waals surface area contributed by atoms with E-state index in [1.807, 2.05) is 6.92 Å². The predicted octanol–water partition coefficient (Wildman–Crippen LogP) is 3.97. The number of alkyl halides is 3. The van der Waals surface area contributed by atoms with E-state index >= 15 is 0 Å². The summed E-state index contributed by atoms with van der Waals surface area (Å²) in [5.74, 6) is 0.360. The van der Waals surface area contributed by atoms with Crippen LogP contribution in [0.2, 0.25) is 0 Å². The SMILES string of the molecule is CCSS[C@@H](C(C)C)C(F)(F)F. The lowest BCUT2D eigenvalue weighted by Crippen LogP contribution is -2.29. The molecule has 0 saturated carbocycles. The van der Waals surface area contributed by atoms with E-state index in [2.05, 4.69) is 0 Å². The molecule has 0 heterocycles. The Hall–Kier alpha value is 0.490. The first kappa shape index (κ1) is 12.5. The molecule has 0 aromatic carbocycles. The maximum absolute atomic E-state index is 12.3. The summed E-state index contributed by atoms with van der Waals surface area (Å²) >= 11 is 0. The van der Waals surface area contributed by atoms with Crippen LogP contribution < -0.4 is 0 Å². The molecule has 74 valence electrons. The summed E-state index contributed by atoms with van der Waals surface area (Å²) in [6.07, 6.45) is -4.07. The Morgan fingerprint density at radius 2 is 1.75 bits per heavy atom. The molecule has 0 nitrogen and oxygen atoms in total. The van der Waals surface area contributed by atoms with Crippen molar-refractivity contribution in [3.8, 4) is 0 Å². The third kappa shape index (κ3) is 4.50. The summed E-state index contributed by atoms with van der Waals surface area (Å²) in [6.45, 7) is 5.05. The first-order chi connectivity index (χ1) is 5.39. The summed E-state index contributed by atoms with van der Waals surface area (Å²) in [6, 6.07) is 0. The molecule has 0 aliphatic heterocycles. The summed E-state index contributed by atoms with van der Waals surface area (Å²) in [5.41, 5.74) is 0. The van der Waals surface area contributed by atoms with Crippen molar-refractivity contribution in [2.45, 2.75) is 32.2 Å². The van der Waals surface area contributed by atoms with Gasteiger partial charge in [-0.1, -0.05) is 42.4 Å². The maximum atomic E-state index is 12.3. The Morgan fingerprint density at radius 3 is 2.00 bits per heavy atom. The van der Waals surface area contributed by atoms with Gasteiger partial charge in [0.25, 0.3) is 0 Å². The van der Waals surface area contributed by atoms with Gasteiger partial charge in [-0.05, 0) is 5.92 Å². The van der Waals surface area contributed by atoms with E-state index in [0.717, 1.165) is 10.8 Å². The zero-order chi connectivity index (χ0) is 9.78.